The van der Waals surface area contributed by atoms with Crippen LogP contribution in [0.5, 0.6) is 0 Å². The maximum absolute atomic E-state index is 12.0. The molecule has 27 heavy (non-hydrogen) atoms. The maximum Gasteiger partial charge on any atom is 0.408 e. The Balaban J connectivity index is 2.43. The highest BCUT2D eigenvalue weighted by Gasteiger charge is 2.13. The number of ether oxygens (including phenoxy) is 2. The number of alkyl carbamates (subject to hydrolysis) is 1. The minimum atomic E-state index is -0.823. The van der Waals surface area contributed by atoms with Crippen LogP contribution in [0.25, 0.3) is 0 Å². The third-order valence-corrected chi connectivity index (χ3v) is 3.44. The zero-order chi connectivity index (χ0) is 19.9. The Kier molecular flexibility index (Phi) is 10.7. The summed E-state index contributed by atoms with van der Waals surface area (Å²) in [4.78, 5) is 23.5. The van der Waals surface area contributed by atoms with Crippen molar-refractivity contribution in [1.29, 1.82) is 10.5 Å². The SMILES string of the molecule is CCCCOC(=O)NC(C#N)COCc1cccc(C(=O)NCCC#N)c1. The smallest absolute Gasteiger partial charge is 0.408 e. The standard InChI is InChI=1S/C19H24N4O4/c1-2-3-10-27-19(25)23-17(12-21)14-26-13-15-6-4-7-16(11-15)18(24)22-9-5-8-20/h4,6-7,11,17H,2-3,5,9-10,13-14H2,1H3,(H,22,24)(H,23,25). The first-order valence-corrected chi connectivity index (χ1v) is 8.75. The molecule has 0 saturated heterocycles. The Morgan fingerprint density at radius 1 is 1.30 bits per heavy atom. The molecule has 0 spiro atoms. The average molecular weight is 372 g/mol. The Morgan fingerprint density at radius 2 is 2.11 bits per heavy atom. The number of rotatable bonds is 11. The fourth-order valence-corrected chi connectivity index (χ4v) is 2.04. The van der Waals surface area contributed by atoms with Crippen molar-refractivity contribution < 1.29 is 19.1 Å². The Hall–Kier alpha value is -3.10. The summed E-state index contributed by atoms with van der Waals surface area (Å²) < 4.78 is 10.4. The largest absolute Gasteiger partial charge is 0.450 e. The number of carbonyl (C=O) groups is 2. The van der Waals surface area contributed by atoms with Crippen LogP contribution < -0.4 is 10.6 Å². The van der Waals surface area contributed by atoms with Crippen molar-refractivity contribution >= 4 is 12.0 Å². The fraction of sp³-hybridized carbons (Fsp3) is 0.474. The van der Waals surface area contributed by atoms with E-state index in [-0.39, 0.29) is 25.5 Å². The van der Waals surface area contributed by atoms with Gasteiger partial charge in [-0.25, -0.2) is 4.79 Å². The number of amides is 2. The average Bonchev–Trinajstić information content (AvgIpc) is 2.67. The fourth-order valence-electron chi connectivity index (χ4n) is 2.04. The highest BCUT2D eigenvalue weighted by atomic mass is 16.5. The van der Waals surface area contributed by atoms with Crippen LogP contribution in [-0.4, -0.2) is 37.8 Å². The van der Waals surface area contributed by atoms with Gasteiger partial charge in [0.25, 0.3) is 5.91 Å². The summed E-state index contributed by atoms with van der Waals surface area (Å²) in [5.74, 6) is -0.265. The van der Waals surface area contributed by atoms with Crippen LogP contribution in [0.4, 0.5) is 4.79 Å². The van der Waals surface area contributed by atoms with Crippen LogP contribution in [0.3, 0.4) is 0 Å². The highest BCUT2D eigenvalue weighted by Crippen LogP contribution is 2.07. The van der Waals surface area contributed by atoms with Gasteiger partial charge in [-0.15, -0.1) is 0 Å². The molecule has 0 aliphatic carbocycles. The van der Waals surface area contributed by atoms with Crippen molar-refractivity contribution in [2.24, 2.45) is 0 Å². The molecule has 0 aliphatic heterocycles. The van der Waals surface area contributed by atoms with E-state index in [1.807, 2.05) is 19.1 Å². The third-order valence-electron chi connectivity index (χ3n) is 3.44. The molecule has 144 valence electrons. The van der Waals surface area contributed by atoms with Gasteiger partial charge in [0, 0.05) is 12.1 Å². The molecule has 0 aliphatic rings. The first-order valence-electron chi connectivity index (χ1n) is 8.75. The number of hydrogen-bond acceptors (Lipinski definition) is 6. The van der Waals surface area contributed by atoms with Crippen LogP contribution in [0, 0.1) is 22.7 Å². The van der Waals surface area contributed by atoms with E-state index < -0.39 is 12.1 Å². The van der Waals surface area contributed by atoms with E-state index in [0.717, 1.165) is 18.4 Å². The topological polar surface area (TPSA) is 124 Å². The summed E-state index contributed by atoms with van der Waals surface area (Å²) >= 11 is 0. The zero-order valence-corrected chi connectivity index (χ0v) is 15.4. The molecule has 1 rings (SSSR count). The summed E-state index contributed by atoms with van der Waals surface area (Å²) in [7, 11) is 0. The van der Waals surface area contributed by atoms with Gasteiger partial charge in [-0.05, 0) is 24.1 Å². The molecular weight excluding hydrogens is 348 g/mol. The van der Waals surface area contributed by atoms with E-state index in [4.69, 9.17) is 20.0 Å². The molecule has 1 aromatic rings. The molecule has 8 heteroatoms. The molecule has 1 atom stereocenters. The minimum absolute atomic E-state index is 0.00201. The number of benzene rings is 1. The Labute approximate surface area is 159 Å². The van der Waals surface area contributed by atoms with E-state index in [0.29, 0.717) is 18.7 Å². The van der Waals surface area contributed by atoms with Gasteiger partial charge in [-0.2, -0.15) is 10.5 Å². The number of unbranched alkanes of at least 4 members (excludes halogenated alkanes) is 1. The molecule has 0 bridgehead atoms. The second-order valence-electron chi connectivity index (χ2n) is 5.70. The molecule has 0 radical (unpaired) electrons. The molecule has 8 nitrogen and oxygen atoms in total. The minimum Gasteiger partial charge on any atom is -0.450 e. The lowest BCUT2D eigenvalue weighted by atomic mass is 10.1. The molecule has 0 saturated carbocycles. The van der Waals surface area contributed by atoms with Crippen molar-refractivity contribution in [3.63, 3.8) is 0 Å². The van der Waals surface area contributed by atoms with Gasteiger partial charge in [-0.3, -0.25) is 4.79 Å². The molecule has 1 aromatic carbocycles. The summed E-state index contributed by atoms with van der Waals surface area (Å²) in [5, 5.41) is 22.7. The van der Waals surface area contributed by atoms with Gasteiger partial charge in [0.05, 0.1) is 38.4 Å². The van der Waals surface area contributed by atoms with Crippen molar-refractivity contribution in [1.82, 2.24) is 10.6 Å². The normalized spacial score (nSPS) is 10.9. The third kappa shape index (κ3) is 9.24. The number of nitrogens with one attached hydrogen (secondary N) is 2. The van der Waals surface area contributed by atoms with E-state index in [2.05, 4.69) is 10.6 Å². The lowest BCUT2D eigenvalue weighted by Gasteiger charge is -2.12. The van der Waals surface area contributed by atoms with Gasteiger partial charge >= 0.3 is 6.09 Å². The van der Waals surface area contributed by atoms with Gasteiger partial charge in [-0.1, -0.05) is 25.5 Å². The number of hydrogen-bond donors (Lipinski definition) is 2. The van der Waals surface area contributed by atoms with Crippen LogP contribution in [0.15, 0.2) is 24.3 Å². The predicted octanol–water partition coefficient (Wildman–Crippen LogP) is 2.27. The van der Waals surface area contributed by atoms with Crippen molar-refractivity contribution in [3.8, 4) is 12.1 Å². The molecule has 1 unspecified atom stereocenters. The van der Waals surface area contributed by atoms with E-state index in [9.17, 15) is 9.59 Å². The lowest BCUT2D eigenvalue weighted by Crippen LogP contribution is -2.37. The monoisotopic (exact) mass is 372 g/mol. The van der Waals surface area contributed by atoms with Crippen LogP contribution >= 0.6 is 0 Å². The zero-order valence-electron chi connectivity index (χ0n) is 15.4. The molecule has 2 N–H and O–H groups in total. The Morgan fingerprint density at radius 3 is 2.81 bits per heavy atom. The highest BCUT2D eigenvalue weighted by molar-refractivity contribution is 5.94. The maximum atomic E-state index is 12.0. The van der Waals surface area contributed by atoms with Crippen molar-refractivity contribution in [3.05, 3.63) is 35.4 Å². The lowest BCUT2D eigenvalue weighted by molar-refractivity contribution is 0.0949. The summed E-state index contributed by atoms with van der Waals surface area (Å²) in [5.41, 5.74) is 1.22. The van der Waals surface area contributed by atoms with Crippen LogP contribution in [-0.2, 0) is 16.1 Å². The first-order chi connectivity index (χ1) is 13.1. The van der Waals surface area contributed by atoms with Crippen molar-refractivity contribution in [2.45, 2.75) is 38.8 Å². The van der Waals surface area contributed by atoms with Crippen molar-refractivity contribution in [2.75, 3.05) is 19.8 Å². The van der Waals surface area contributed by atoms with E-state index >= 15 is 0 Å². The van der Waals surface area contributed by atoms with Gasteiger partial charge < -0.3 is 20.1 Å². The van der Waals surface area contributed by atoms with E-state index in [1.165, 1.54) is 0 Å². The van der Waals surface area contributed by atoms with Crippen LogP contribution in [0.2, 0.25) is 0 Å². The number of nitrogens with zero attached hydrogens (tertiary/aromatic N) is 2. The summed E-state index contributed by atoms with van der Waals surface area (Å²) in [6.45, 7) is 2.77. The quantitative estimate of drug-likeness (QED) is 0.574. The first kappa shape index (κ1) is 21.9. The second-order valence-corrected chi connectivity index (χ2v) is 5.70. The molecule has 0 heterocycles. The molecule has 2 amide bonds. The van der Waals surface area contributed by atoms with Crippen LogP contribution in [0.1, 0.15) is 42.1 Å². The second kappa shape index (κ2) is 13.2. The Bertz CT molecular complexity index is 694. The van der Waals surface area contributed by atoms with Gasteiger partial charge in [0.15, 0.2) is 0 Å². The summed E-state index contributed by atoms with van der Waals surface area (Å²) in [6.07, 6.45) is 1.28. The van der Waals surface area contributed by atoms with Gasteiger partial charge in [0.1, 0.15) is 6.04 Å². The predicted molar refractivity (Wildman–Crippen MR) is 97.5 cm³/mol. The molecule has 0 aromatic heterocycles. The number of nitriles is 2. The van der Waals surface area contributed by atoms with E-state index in [1.54, 1.807) is 24.3 Å². The number of carbonyl (C=O) groups excluding carboxylic acids is 2. The summed E-state index contributed by atoms with van der Waals surface area (Å²) in [6, 6.07) is 9.93. The van der Waals surface area contributed by atoms with Gasteiger partial charge in [0.2, 0.25) is 0 Å². The molecular formula is C19H24N4O4. The molecule has 0 fully saturated rings.